The van der Waals surface area contributed by atoms with Crippen LogP contribution in [0.15, 0.2) is 54.7 Å². The second-order valence-corrected chi connectivity index (χ2v) is 7.72. The van der Waals surface area contributed by atoms with Gasteiger partial charge in [0.2, 0.25) is 0 Å². The number of aromatic nitrogens is 1. The zero-order valence-corrected chi connectivity index (χ0v) is 16.2. The summed E-state index contributed by atoms with van der Waals surface area (Å²) < 4.78 is 0. The fraction of sp³-hybridized carbons (Fsp3) is 0.158. The third-order valence-electron chi connectivity index (χ3n) is 3.71. The van der Waals surface area contributed by atoms with Crippen molar-refractivity contribution in [3.63, 3.8) is 0 Å². The maximum Gasteiger partial charge on any atom is 0.281 e. The first-order chi connectivity index (χ1) is 12.6. The molecule has 7 heteroatoms. The lowest BCUT2D eigenvalue weighted by molar-refractivity contribution is -0.659. The van der Waals surface area contributed by atoms with E-state index >= 15 is 0 Å². The molecule has 0 saturated carbocycles. The highest BCUT2D eigenvalue weighted by Crippen LogP contribution is 2.26. The van der Waals surface area contributed by atoms with Crippen LogP contribution in [0.3, 0.4) is 0 Å². The molecular weight excluding hydrogens is 389 g/mol. The number of anilines is 1. The maximum atomic E-state index is 12.0. The Kier molecular flexibility index (Phi) is 6.63. The lowest BCUT2D eigenvalue weighted by Crippen LogP contribution is -2.84. The molecule has 0 unspecified atom stereocenters. The molecule has 26 heavy (non-hydrogen) atoms. The van der Waals surface area contributed by atoms with E-state index < -0.39 is 0 Å². The minimum absolute atomic E-state index is 0.0589. The molecule has 3 aromatic rings. The lowest BCUT2D eigenvalue weighted by atomic mass is 10.1. The predicted molar refractivity (Wildman–Crippen MR) is 107 cm³/mol. The topological polar surface area (TPSA) is 58.6 Å². The smallest absolute Gasteiger partial charge is 0.281 e. The molecule has 0 bridgehead atoms. The van der Waals surface area contributed by atoms with Gasteiger partial charge in [-0.3, -0.25) is 10.1 Å². The number of benzene rings is 2. The first kappa shape index (κ1) is 18.9. The largest absolute Gasteiger partial charge is 0.335 e. The molecule has 3 rings (SSSR count). The zero-order chi connectivity index (χ0) is 18.4. The molecule has 4 nitrogen and oxygen atoms in total. The highest BCUT2D eigenvalue weighted by Gasteiger charge is 2.09. The standard InChI is InChI=1S/C19H17Cl2N3OS/c20-16-7-6-14(9-17(16)21)8-15-11-23-19(26-15)24-18(25)12-22-10-13-4-2-1-3-5-13/h1-7,9,11,22H,8,10,12H2,(H,23,24,25)/p+1. The molecule has 0 aliphatic rings. The number of hydrogen-bond acceptors (Lipinski definition) is 3. The van der Waals surface area contributed by atoms with Gasteiger partial charge < -0.3 is 5.32 Å². The summed E-state index contributed by atoms with van der Waals surface area (Å²) in [5.74, 6) is -0.0589. The van der Waals surface area contributed by atoms with Gasteiger partial charge in [0, 0.05) is 23.1 Å². The van der Waals surface area contributed by atoms with Crippen molar-refractivity contribution < 1.29 is 10.1 Å². The van der Waals surface area contributed by atoms with Crippen LogP contribution in [0.2, 0.25) is 10.0 Å². The van der Waals surface area contributed by atoms with Crippen LogP contribution in [0.1, 0.15) is 16.0 Å². The molecule has 0 spiro atoms. The summed E-state index contributed by atoms with van der Waals surface area (Å²) in [4.78, 5) is 17.4. The van der Waals surface area contributed by atoms with Crippen molar-refractivity contribution in [2.24, 2.45) is 0 Å². The Hall–Kier alpha value is -1.92. The minimum atomic E-state index is -0.0589. The van der Waals surface area contributed by atoms with Crippen molar-refractivity contribution in [2.75, 3.05) is 11.9 Å². The Morgan fingerprint density at radius 3 is 2.65 bits per heavy atom. The molecule has 0 atom stereocenters. The second kappa shape index (κ2) is 9.14. The Labute approximate surface area is 166 Å². The van der Waals surface area contributed by atoms with Gasteiger partial charge in [-0.05, 0) is 17.7 Å². The molecule has 3 N–H and O–H groups in total. The molecule has 1 amide bonds. The number of carbonyl (C=O) groups excluding carboxylic acids is 1. The quantitative estimate of drug-likeness (QED) is 0.627. The van der Waals surface area contributed by atoms with Gasteiger partial charge >= 0.3 is 0 Å². The van der Waals surface area contributed by atoms with Crippen molar-refractivity contribution in [1.29, 1.82) is 0 Å². The third kappa shape index (κ3) is 5.54. The normalized spacial score (nSPS) is 10.7. The van der Waals surface area contributed by atoms with Gasteiger partial charge in [-0.15, -0.1) is 11.3 Å². The van der Waals surface area contributed by atoms with E-state index in [0.29, 0.717) is 28.1 Å². The highest BCUT2D eigenvalue weighted by molar-refractivity contribution is 7.15. The van der Waals surface area contributed by atoms with E-state index in [-0.39, 0.29) is 5.91 Å². The van der Waals surface area contributed by atoms with Crippen molar-refractivity contribution in [2.45, 2.75) is 13.0 Å². The van der Waals surface area contributed by atoms with Gasteiger partial charge in [0.05, 0.1) is 10.0 Å². The summed E-state index contributed by atoms with van der Waals surface area (Å²) >= 11 is 13.4. The fourth-order valence-corrected chi connectivity index (χ4v) is 3.64. The Morgan fingerprint density at radius 1 is 1.08 bits per heavy atom. The predicted octanol–water partition coefficient (Wildman–Crippen LogP) is 3.74. The van der Waals surface area contributed by atoms with E-state index in [1.165, 1.54) is 16.9 Å². The van der Waals surface area contributed by atoms with Crippen LogP contribution in [-0.4, -0.2) is 17.4 Å². The number of nitrogens with one attached hydrogen (secondary N) is 1. The number of nitrogens with two attached hydrogens (primary N) is 1. The van der Waals surface area contributed by atoms with Crippen molar-refractivity contribution >= 4 is 45.6 Å². The number of rotatable bonds is 7. The van der Waals surface area contributed by atoms with Crippen molar-refractivity contribution in [3.05, 3.63) is 80.8 Å². The molecule has 0 fully saturated rings. The highest BCUT2D eigenvalue weighted by atomic mass is 35.5. The van der Waals surface area contributed by atoms with Crippen molar-refractivity contribution in [1.82, 2.24) is 4.98 Å². The summed E-state index contributed by atoms with van der Waals surface area (Å²) in [5.41, 5.74) is 2.25. The van der Waals surface area contributed by atoms with Crippen LogP contribution < -0.4 is 10.6 Å². The SMILES string of the molecule is O=C(C[NH2+]Cc1ccccc1)Nc1ncc(Cc2ccc(Cl)c(Cl)c2)s1. The first-order valence-electron chi connectivity index (χ1n) is 8.14. The average Bonchev–Trinajstić information content (AvgIpc) is 3.06. The first-order valence-corrected chi connectivity index (χ1v) is 9.71. The van der Waals surface area contributed by atoms with Crippen LogP contribution in [0.4, 0.5) is 5.13 Å². The molecule has 0 aliphatic carbocycles. The van der Waals surface area contributed by atoms with E-state index in [2.05, 4.69) is 10.3 Å². The summed E-state index contributed by atoms with van der Waals surface area (Å²) in [7, 11) is 0. The number of nitrogens with zero attached hydrogens (tertiary/aromatic N) is 1. The summed E-state index contributed by atoms with van der Waals surface area (Å²) in [6, 6.07) is 15.6. The number of thiazole rings is 1. The number of hydrogen-bond donors (Lipinski definition) is 2. The number of amides is 1. The van der Waals surface area contributed by atoms with Gasteiger partial charge in [0.15, 0.2) is 11.7 Å². The van der Waals surface area contributed by atoms with Crippen LogP contribution in [-0.2, 0) is 17.8 Å². The lowest BCUT2D eigenvalue weighted by Gasteiger charge is -2.02. The molecular formula is C19H18Cl2N3OS+. The van der Waals surface area contributed by atoms with Crippen molar-refractivity contribution in [3.8, 4) is 0 Å². The Morgan fingerprint density at radius 2 is 1.88 bits per heavy atom. The third-order valence-corrected chi connectivity index (χ3v) is 5.37. The molecule has 1 heterocycles. The van der Waals surface area contributed by atoms with E-state index in [4.69, 9.17) is 23.2 Å². The summed E-state index contributed by atoms with van der Waals surface area (Å²) in [6.45, 7) is 1.13. The van der Waals surface area contributed by atoms with Gasteiger partial charge in [-0.2, -0.15) is 0 Å². The van der Waals surface area contributed by atoms with Gasteiger partial charge in [0.25, 0.3) is 5.91 Å². The number of quaternary nitrogens is 1. The zero-order valence-electron chi connectivity index (χ0n) is 13.9. The van der Waals surface area contributed by atoms with E-state index in [9.17, 15) is 4.79 Å². The number of carbonyl (C=O) groups is 1. The molecule has 134 valence electrons. The minimum Gasteiger partial charge on any atom is -0.335 e. The van der Waals surface area contributed by atoms with Gasteiger partial charge in [0.1, 0.15) is 6.54 Å². The van der Waals surface area contributed by atoms with E-state index in [1.54, 1.807) is 12.3 Å². The van der Waals surface area contributed by atoms with E-state index in [1.807, 2.05) is 47.8 Å². The van der Waals surface area contributed by atoms with Crippen LogP contribution >= 0.6 is 34.5 Å². The Bertz CT molecular complexity index is 884. The molecule has 0 aliphatic heterocycles. The van der Waals surface area contributed by atoms with Gasteiger partial charge in [-0.25, -0.2) is 4.98 Å². The number of halogens is 2. The van der Waals surface area contributed by atoms with Gasteiger partial charge in [-0.1, -0.05) is 59.6 Å². The maximum absolute atomic E-state index is 12.0. The fourth-order valence-electron chi connectivity index (χ4n) is 2.45. The van der Waals surface area contributed by atoms with Crippen LogP contribution in [0.25, 0.3) is 0 Å². The average molecular weight is 407 g/mol. The summed E-state index contributed by atoms with van der Waals surface area (Å²) in [5, 5.41) is 6.50. The molecule has 1 aromatic heterocycles. The van der Waals surface area contributed by atoms with E-state index in [0.717, 1.165) is 17.0 Å². The monoisotopic (exact) mass is 406 g/mol. The van der Waals surface area contributed by atoms with Crippen LogP contribution in [0.5, 0.6) is 0 Å². The molecule has 0 saturated heterocycles. The second-order valence-electron chi connectivity index (χ2n) is 5.79. The Balaban J connectivity index is 1.48. The summed E-state index contributed by atoms with van der Waals surface area (Å²) in [6.07, 6.45) is 2.47. The van der Waals surface area contributed by atoms with Crippen LogP contribution in [0, 0.1) is 0 Å². The molecule has 0 radical (unpaired) electrons. The molecule has 2 aromatic carbocycles.